The van der Waals surface area contributed by atoms with E-state index in [1.807, 2.05) is 13.8 Å². The molecule has 0 amide bonds. The minimum absolute atomic E-state index is 0.00908. The smallest absolute Gasteiger partial charge is 0.534 e. The summed E-state index contributed by atoms with van der Waals surface area (Å²) in [4.78, 5) is 0.0663. The molecule has 0 spiro atoms. The molecular weight excluding hydrogens is 365 g/mol. The molecule has 2 fully saturated rings. The maximum Gasteiger partial charge on any atom is 0.563 e. The fraction of sp³-hybridized carbons (Fsp3) is 0.467. The molecule has 0 saturated carbocycles. The van der Waals surface area contributed by atoms with Gasteiger partial charge in [-0.05, 0) is 37.9 Å². The van der Waals surface area contributed by atoms with Gasteiger partial charge in [-0.3, -0.25) is 0 Å². The second-order valence-corrected chi connectivity index (χ2v) is 10.7. The van der Waals surface area contributed by atoms with Crippen molar-refractivity contribution in [2.75, 3.05) is 11.5 Å². The van der Waals surface area contributed by atoms with Crippen LogP contribution in [-0.2, 0) is 29.2 Å². The first-order valence-electron chi connectivity index (χ1n) is 7.85. The van der Waals surface area contributed by atoms with Crippen molar-refractivity contribution >= 4 is 32.4 Å². The van der Waals surface area contributed by atoms with E-state index in [0.29, 0.717) is 17.6 Å². The lowest BCUT2D eigenvalue weighted by Gasteiger charge is -2.15. The Balaban J connectivity index is 1.73. The Morgan fingerprint density at radius 2 is 1.92 bits per heavy atom. The Kier molecular flexibility index (Phi) is 4.51. The number of benzene rings is 1. The SMILES string of the molecule is C=C1OB(c2ccc(S(=O)(=O)N[C@H]3CCS(=O)(=O)C3)cc2)OC1(C)C. The summed E-state index contributed by atoms with van der Waals surface area (Å²) in [6.07, 6.45) is 0.292. The number of sulfonamides is 1. The molecule has 10 heteroatoms. The lowest BCUT2D eigenvalue weighted by Crippen LogP contribution is -2.36. The minimum Gasteiger partial charge on any atom is -0.534 e. The highest BCUT2D eigenvalue weighted by atomic mass is 32.2. The summed E-state index contributed by atoms with van der Waals surface area (Å²) in [7, 11) is -7.57. The van der Waals surface area contributed by atoms with Crippen LogP contribution in [0.15, 0.2) is 41.5 Å². The van der Waals surface area contributed by atoms with Crippen molar-refractivity contribution in [3.8, 4) is 0 Å². The third-order valence-electron chi connectivity index (χ3n) is 4.34. The van der Waals surface area contributed by atoms with Crippen molar-refractivity contribution in [2.45, 2.75) is 36.8 Å². The largest absolute Gasteiger partial charge is 0.563 e. The van der Waals surface area contributed by atoms with Gasteiger partial charge in [-0.25, -0.2) is 21.6 Å². The standard InChI is InChI=1S/C15H20BNO6S2/c1-11-15(2,3)23-16(22-11)12-4-6-14(7-5-12)25(20,21)17-13-8-9-24(18,19)10-13/h4-7,13,17H,1,8-10H2,2-3H3/t13-/m0/s1. The van der Waals surface area contributed by atoms with Crippen LogP contribution in [0.1, 0.15) is 20.3 Å². The van der Waals surface area contributed by atoms with Gasteiger partial charge in [0.05, 0.1) is 22.2 Å². The molecule has 0 aromatic heterocycles. The summed E-state index contributed by atoms with van der Waals surface area (Å²) in [5.41, 5.74) is 0.0689. The van der Waals surface area contributed by atoms with Crippen LogP contribution >= 0.6 is 0 Å². The monoisotopic (exact) mass is 385 g/mol. The van der Waals surface area contributed by atoms with Gasteiger partial charge in [0.25, 0.3) is 0 Å². The summed E-state index contributed by atoms with van der Waals surface area (Å²) in [5, 5.41) is 0. The number of sulfone groups is 1. The molecule has 1 N–H and O–H groups in total. The third kappa shape index (κ3) is 3.92. The highest BCUT2D eigenvalue weighted by Gasteiger charge is 2.42. The normalized spacial score (nSPS) is 25.1. The molecule has 0 aliphatic carbocycles. The Morgan fingerprint density at radius 1 is 1.28 bits per heavy atom. The molecule has 2 saturated heterocycles. The zero-order valence-corrected chi connectivity index (χ0v) is 15.7. The molecule has 2 aliphatic heterocycles. The first kappa shape index (κ1) is 18.4. The second kappa shape index (κ2) is 6.12. The minimum atomic E-state index is -3.78. The fourth-order valence-electron chi connectivity index (χ4n) is 2.74. The number of rotatable bonds is 4. The molecule has 0 unspecified atom stereocenters. The number of hydrogen-bond donors (Lipinski definition) is 1. The maximum atomic E-state index is 12.4. The summed E-state index contributed by atoms with van der Waals surface area (Å²) in [5.74, 6) is 0.360. The summed E-state index contributed by atoms with van der Waals surface area (Å²) in [6.45, 7) is 7.49. The summed E-state index contributed by atoms with van der Waals surface area (Å²) >= 11 is 0. The van der Waals surface area contributed by atoms with Crippen molar-refractivity contribution in [1.29, 1.82) is 0 Å². The molecule has 25 heavy (non-hydrogen) atoms. The highest BCUT2D eigenvalue weighted by molar-refractivity contribution is 7.92. The van der Waals surface area contributed by atoms with Gasteiger partial charge in [0.2, 0.25) is 10.0 Å². The van der Waals surface area contributed by atoms with Gasteiger partial charge in [-0.15, -0.1) is 0 Å². The molecule has 136 valence electrons. The average molecular weight is 385 g/mol. The van der Waals surface area contributed by atoms with Crippen LogP contribution in [0.3, 0.4) is 0 Å². The topological polar surface area (TPSA) is 98.8 Å². The quantitative estimate of drug-likeness (QED) is 0.743. The van der Waals surface area contributed by atoms with E-state index < -0.39 is 38.6 Å². The molecule has 1 aromatic rings. The first-order valence-corrected chi connectivity index (χ1v) is 11.2. The molecule has 7 nitrogen and oxygen atoms in total. The molecule has 2 heterocycles. The predicted molar refractivity (Wildman–Crippen MR) is 94.6 cm³/mol. The molecule has 0 bridgehead atoms. The van der Waals surface area contributed by atoms with E-state index in [4.69, 9.17) is 9.31 Å². The van der Waals surface area contributed by atoms with Gasteiger partial charge in [-0.2, -0.15) is 0 Å². The highest BCUT2D eigenvalue weighted by Crippen LogP contribution is 2.29. The van der Waals surface area contributed by atoms with E-state index >= 15 is 0 Å². The van der Waals surface area contributed by atoms with Crippen LogP contribution in [0, 0.1) is 0 Å². The van der Waals surface area contributed by atoms with Gasteiger partial charge in [0.1, 0.15) is 5.60 Å². The average Bonchev–Trinajstić information content (AvgIpc) is 2.97. The Morgan fingerprint density at radius 3 is 2.40 bits per heavy atom. The molecule has 3 rings (SSSR count). The Labute approximate surface area is 148 Å². The predicted octanol–water partition coefficient (Wildman–Crippen LogP) is 0.186. The van der Waals surface area contributed by atoms with E-state index in [1.54, 1.807) is 12.1 Å². The number of nitrogens with one attached hydrogen (secondary N) is 1. The molecule has 0 radical (unpaired) electrons. The van der Waals surface area contributed by atoms with Gasteiger partial charge < -0.3 is 9.31 Å². The Bertz CT molecular complexity index is 892. The van der Waals surface area contributed by atoms with Gasteiger partial charge >= 0.3 is 7.12 Å². The maximum absolute atomic E-state index is 12.4. The fourth-order valence-corrected chi connectivity index (χ4v) is 5.79. The van der Waals surface area contributed by atoms with Crippen LogP contribution in [0.25, 0.3) is 0 Å². The number of hydrogen-bond acceptors (Lipinski definition) is 6. The molecular formula is C15H20BNO6S2. The molecule has 2 aliphatic rings. The van der Waals surface area contributed by atoms with Crippen molar-refractivity contribution in [3.63, 3.8) is 0 Å². The van der Waals surface area contributed by atoms with Gasteiger partial charge in [0.15, 0.2) is 9.84 Å². The molecule has 1 atom stereocenters. The van der Waals surface area contributed by atoms with Crippen molar-refractivity contribution in [2.24, 2.45) is 0 Å². The Hall–Kier alpha value is -1.36. The van der Waals surface area contributed by atoms with Crippen molar-refractivity contribution in [1.82, 2.24) is 4.72 Å². The first-order chi connectivity index (χ1) is 11.5. The van der Waals surface area contributed by atoms with E-state index in [2.05, 4.69) is 11.3 Å². The van der Waals surface area contributed by atoms with E-state index in [0.717, 1.165) is 0 Å². The molecule has 1 aromatic carbocycles. The van der Waals surface area contributed by atoms with Crippen LogP contribution in [-0.4, -0.2) is 47.1 Å². The van der Waals surface area contributed by atoms with E-state index in [-0.39, 0.29) is 16.4 Å². The van der Waals surface area contributed by atoms with Crippen molar-refractivity contribution in [3.05, 3.63) is 36.6 Å². The van der Waals surface area contributed by atoms with Crippen molar-refractivity contribution < 1.29 is 26.1 Å². The lowest BCUT2D eigenvalue weighted by atomic mass is 9.79. The van der Waals surface area contributed by atoms with Gasteiger partial charge in [0, 0.05) is 6.04 Å². The lowest BCUT2D eigenvalue weighted by molar-refractivity contribution is 0.173. The van der Waals surface area contributed by atoms with Gasteiger partial charge in [-0.1, -0.05) is 18.7 Å². The summed E-state index contributed by atoms with van der Waals surface area (Å²) < 4.78 is 61.5. The van der Waals surface area contributed by atoms with E-state index in [1.165, 1.54) is 12.1 Å². The van der Waals surface area contributed by atoms with Crippen LogP contribution in [0.2, 0.25) is 0 Å². The second-order valence-electron chi connectivity index (χ2n) is 6.79. The van der Waals surface area contributed by atoms with Crippen LogP contribution in [0.5, 0.6) is 0 Å². The van der Waals surface area contributed by atoms with Crippen LogP contribution in [0.4, 0.5) is 0 Å². The van der Waals surface area contributed by atoms with E-state index in [9.17, 15) is 16.8 Å². The zero-order valence-electron chi connectivity index (χ0n) is 14.1. The summed E-state index contributed by atoms with van der Waals surface area (Å²) in [6, 6.07) is 5.53. The zero-order chi connectivity index (χ0) is 18.5. The third-order valence-corrected chi connectivity index (χ3v) is 7.64. The van der Waals surface area contributed by atoms with Crippen LogP contribution < -0.4 is 10.2 Å².